The molecule has 0 aromatic carbocycles. The lowest BCUT2D eigenvalue weighted by Crippen LogP contribution is -2.36. The summed E-state index contributed by atoms with van der Waals surface area (Å²) in [4.78, 5) is 28.2. The Balaban J connectivity index is 2.44. The van der Waals surface area contributed by atoms with Crippen LogP contribution in [0.25, 0.3) is 0 Å². The molecule has 1 aromatic rings. The van der Waals surface area contributed by atoms with E-state index in [1.807, 2.05) is 0 Å². The predicted octanol–water partition coefficient (Wildman–Crippen LogP) is -0.454. The molecule has 1 aromatic heterocycles. The van der Waals surface area contributed by atoms with Gasteiger partial charge in [-0.2, -0.15) is 5.10 Å². The second-order valence-corrected chi connectivity index (χ2v) is 3.79. The molecular weight excluding hydrogens is 224 g/mol. The molecule has 7 heteroatoms. The maximum absolute atomic E-state index is 11.7. The van der Waals surface area contributed by atoms with Crippen molar-refractivity contribution in [2.75, 3.05) is 20.7 Å². The van der Waals surface area contributed by atoms with E-state index in [0.29, 0.717) is 6.54 Å². The summed E-state index contributed by atoms with van der Waals surface area (Å²) in [7, 11) is 2.97. The van der Waals surface area contributed by atoms with Gasteiger partial charge in [0, 0.05) is 13.6 Å². The average Bonchev–Trinajstić information content (AvgIpc) is 2.80. The molecule has 94 valence electrons. The molecule has 0 aliphatic rings. The predicted molar refractivity (Wildman–Crippen MR) is 58.8 cm³/mol. The second-order valence-electron chi connectivity index (χ2n) is 3.79. The van der Waals surface area contributed by atoms with Crippen LogP contribution in [0.15, 0.2) is 12.7 Å². The molecule has 1 rings (SSSR count). The Morgan fingerprint density at radius 3 is 2.76 bits per heavy atom. The van der Waals surface area contributed by atoms with Crippen molar-refractivity contribution in [3.05, 3.63) is 12.7 Å². The van der Waals surface area contributed by atoms with Crippen LogP contribution in [0.5, 0.6) is 0 Å². The first-order valence-electron chi connectivity index (χ1n) is 5.18. The molecule has 0 aliphatic carbocycles. The first kappa shape index (κ1) is 13.1. The van der Waals surface area contributed by atoms with Crippen molar-refractivity contribution in [1.29, 1.82) is 0 Å². The molecule has 1 atom stereocenters. The van der Waals surface area contributed by atoms with Crippen LogP contribution in [0.3, 0.4) is 0 Å². The van der Waals surface area contributed by atoms with Crippen LogP contribution in [0, 0.1) is 5.92 Å². The Morgan fingerprint density at radius 1 is 1.53 bits per heavy atom. The summed E-state index contributed by atoms with van der Waals surface area (Å²) >= 11 is 0. The SMILES string of the molecule is COC(=O)C(C)CN(C)C(=O)Cn1cncn1. The fourth-order valence-corrected chi connectivity index (χ4v) is 1.36. The first-order chi connectivity index (χ1) is 8.04. The van der Waals surface area contributed by atoms with Crippen molar-refractivity contribution in [2.45, 2.75) is 13.5 Å². The van der Waals surface area contributed by atoms with E-state index in [9.17, 15) is 9.59 Å². The van der Waals surface area contributed by atoms with Crippen LogP contribution >= 0.6 is 0 Å². The largest absolute Gasteiger partial charge is 0.469 e. The third-order valence-corrected chi connectivity index (χ3v) is 2.34. The van der Waals surface area contributed by atoms with E-state index in [-0.39, 0.29) is 24.3 Å². The molecule has 0 fully saturated rings. The molecule has 0 bridgehead atoms. The molecular formula is C10H16N4O3. The zero-order valence-corrected chi connectivity index (χ0v) is 10.2. The number of ether oxygens (including phenoxy) is 1. The number of hydrogen-bond donors (Lipinski definition) is 0. The van der Waals surface area contributed by atoms with E-state index in [2.05, 4.69) is 14.8 Å². The Bertz CT molecular complexity index is 377. The van der Waals surface area contributed by atoms with Crippen molar-refractivity contribution in [3.8, 4) is 0 Å². The summed E-state index contributed by atoms with van der Waals surface area (Å²) in [5.74, 6) is -0.804. The third kappa shape index (κ3) is 3.86. The van der Waals surface area contributed by atoms with Gasteiger partial charge in [-0.25, -0.2) is 9.67 Å². The highest BCUT2D eigenvalue weighted by molar-refractivity contribution is 5.77. The van der Waals surface area contributed by atoms with Crippen molar-refractivity contribution in [3.63, 3.8) is 0 Å². The summed E-state index contributed by atoms with van der Waals surface area (Å²) in [6.07, 6.45) is 2.83. The highest BCUT2D eigenvalue weighted by Gasteiger charge is 2.18. The van der Waals surface area contributed by atoms with Gasteiger partial charge in [-0.05, 0) is 0 Å². The molecule has 1 heterocycles. The molecule has 0 spiro atoms. The molecule has 0 radical (unpaired) electrons. The van der Waals surface area contributed by atoms with Gasteiger partial charge >= 0.3 is 5.97 Å². The fourth-order valence-electron chi connectivity index (χ4n) is 1.36. The molecule has 7 nitrogen and oxygen atoms in total. The summed E-state index contributed by atoms with van der Waals surface area (Å²) in [6, 6.07) is 0. The number of aromatic nitrogens is 3. The molecule has 0 saturated heterocycles. The zero-order chi connectivity index (χ0) is 12.8. The monoisotopic (exact) mass is 240 g/mol. The number of rotatable bonds is 5. The van der Waals surface area contributed by atoms with E-state index >= 15 is 0 Å². The van der Waals surface area contributed by atoms with Crippen molar-refractivity contribution < 1.29 is 14.3 Å². The number of carbonyl (C=O) groups is 2. The van der Waals surface area contributed by atoms with Gasteiger partial charge < -0.3 is 9.64 Å². The van der Waals surface area contributed by atoms with E-state index in [0.717, 1.165) is 0 Å². The van der Waals surface area contributed by atoms with Crippen LogP contribution in [-0.2, 0) is 20.9 Å². The lowest BCUT2D eigenvalue weighted by molar-refractivity contribution is -0.146. The Morgan fingerprint density at radius 2 is 2.24 bits per heavy atom. The molecule has 0 saturated carbocycles. The maximum atomic E-state index is 11.7. The van der Waals surface area contributed by atoms with E-state index in [1.165, 1.54) is 29.3 Å². The number of hydrogen-bond acceptors (Lipinski definition) is 5. The minimum atomic E-state index is -0.343. The van der Waals surface area contributed by atoms with E-state index in [4.69, 9.17) is 0 Å². The average molecular weight is 240 g/mol. The maximum Gasteiger partial charge on any atom is 0.310 e. The third-order valence-electron chi connectivity index (χ3n) is 2.34. The number of esters is 1. The van der Waals surface area contributed by atoms with Gasteiger partial charge in [-0.15, -0.1) is 0 Å². The highest BCUT2D eigenvalue weighted by atomic mass is 16.5. The van der Waals surface area contributed by atoms with Crippen LogP contribution in [0.1, 0.15) is 6.92 Å². The molecule has 0 N–H and O–H groups in total. The molecule has 0 aliphatic heterocycles. The summed E-state index contributed by atoms with van der Waals surface area (Å²) < 4.78 is 6.03. The van der Waals surface area contributed by atoms with Crippen molar-refractivity contribution in [2.24, 2.45) is 5.92 Å². The minimum Gasteiger partial charge on any atom is -0.469 e. The Kier molecular flexibility index (Phi) is 4.62. The molecule has 1 amide bonds. The van der Waals surface area contributed by atoms with Gasteiger partial charge in [0.05, 0.1) is 13.0 Å². The number of methoxy groups -OCH3 is 1. The lowest BCUT2D eigenvalue weighted by atomic mass is 10.2. The summed E-state index contributed by atoms with van der Waals surface area (Å²) in [6.45, 7) is 2.15. The van der Waals surface area contributed by atoms with E-state index in [1.54, 1.807) is 14.0 Å². The van der Waals surface area contributed by atoms with Gasteiger partial charge in [0.15, 0.2) is 0 Å². The van der Waals surface area contributed by atoms with Crippen LogP contribution in [0.4, 0.5) is 0 Å². The van der Waals surface area contributed by atoms with Gasteiger partial charge in [0.2, 0.25) is 5.91 Å². The number of nitrogens with zero attached hydrogens (tertiary/aromatic N) is 4. The Labute approximate surface area is 99.4 Å². The zero-order valence-electron chi connectivity index (χ0n) is 10.2. The normalized spacial score (nSPS) is 11.9. The van der Waals surface area contributed by atoms with Crippen molar-refractivity contribution >= 4 is 11.9 Å². The van der Waals surface area contributed by atoms with Gasteiger partial charge in [0.25, 0.3) is 0 Å². The fraction of sp³-hybridized carbons (Fsp3) is 0.600. The lowest BCUT2D eigenvalue weighted by Gasteiger charge is -2.20. The quantitative estimate of drug-likeness (QED) is 0.651. The first-order valence-corrected chi connectivity index (χ1v) is 5.18. The number of likely N-dealkylation sites (N-methyl/N-ethyl adjacent to an activating group) is 1. The van der Waals surface area contributed by atoms with Crippen LogP contribution in [0.2, 0.25) is 0 Å². The standard InChI is InChI=1S/C10H16N4O3/c1-8(10(16)17-3)4-13(2)9(15)5-14-7-11-6-12-14/h6-8H,4-5H2,1-3H3. The Hall–Kier alpha value is -1.92. The number of carbonyl (C=O) groups excluding carboxylic acids is 2. The minimum absolute atomic E-state index is 0.115. The van der Waals surface area contributed by atoms with Gasteiger partial charge in [0.1, 0.15) is 19.2 Å². The van der Waals surface area contributed by atoms with Crippen LogP contribution < -0.4 is 0 Å². The van der Waals surface area contributed by atoms with Gasteiger partial charge in [-0.1, -0.05) is 6.92 Å². The van der Waals surface area contributed by atoms with Gasteiger partial charge in [-0.3, -0.25) is 9.59 Å². The summed E-state index contributed by atoms with van der Waals surface area (Å²) in [5, 5.41) is 3.84. The smallest absolute Gasteiger partial charge is 0.310 e. The molecule has 17 heavy (non-hydrogen) atoms. The topological polar surface area (TPSA) is 77.3 Å². The molecule has 1 unspecified atom stereocenters. The number of amides is 1. The van der Waals surface area contributed by atoms with Crippen LogP contribution in [-0.4, -0.2) is 52.2 Å². The van der Waals surface area contributed by atoms with E-state index < -0.39 is 0 Å². The summed E-state index contributed by atoms with van der Waals surface area (Å²) in [5.41, 5.74) is 0. The second kappa shape index (κ2) is 5.97. The highest BCUT2D eigenvalue weighted by Crippen LogP contribution is 2.01. The van der Waals surface area contributed by atoms with Crippen molar-refractivity contribution in [1.82, 2.24) is 19.7 Å².